The van der Waals surface area contributed by atoms with Gasteiger partial charge in [0.1, 0.15) is 10.6 Å². The second-order valence-corrected chi connectivity index (χ2v) is 12.4. The van der Waals surface area contributed by atoms with Crippen molar-refractivity contribution in [3.8, 4) is 5.75 Å². The number of carbonyl (C=O) groups is 5. The number of Topliss-reactive ketones (excluding diaryl/α,β-unsaturated/α-hetero) is 1. The lowest BCUT2D eigenvalue weighted by Crippen LogP contribution is -2.33. The Morgan fingerprint density at radius 3 is 2.30 bits per heavy atom. The van der Waals surface area contributed by atoms with Gasteiger partial charge >= 0.3 is 11.9 Å². The number of hydrogen-bond acceptors (Lipinski definition) is 8. The summed E-state index contributed by atoms with van der Waals surface area (Å²) in [7, 11) is 0. The van der Waals surface area contributed by atoms with Crippen LogP contribution in [0.2, 0.25) is 0 Å². The highest BCUT2D eigenvalue weighted by Gasteiger charge is 2.64. The molecule has 4 aromatic rings. The zero-order chi connectivity index (χ0) is 30.4. The van der Waals surface area contributed by atoms with Gasteiger partial charge in [-0.15, -0.1) is 11.3 Å². The van der Waals surface area contributed by atoms with Gasteiger partial charge in [0.25, 0.3) is 0 Å². The maximum atomic E-state index is 13.7. The number of amides is 2. The number of fused-ring (bicyclic) bond motifs is 5. The van der Waals surface area contributed by atoms with Crippen LogP contribution in [0.5, 0.6) is 5.75 Å². The molecule has 3 fully saturated rings. The fourth-order valence-corrected chi connectivity index (χ4v) is 7.73. The monoisotopic (exact) mass is 605 g/mol. The molecule has 7 rings (SSSR count). The Hall–Kier alpha value is -4.89. The van der Waals surface area contributed by atoms with Gasteiger partial charge in [0, 0.05) is 5.56 Å². The van der Waals surface area contributed by atoms with Crippen molar-refractivity contribution in [2.24, 2.45) is 23.7 Å². The van der Waals surface area contributed by atoms with Gasteiger partial charge in [-0.05, 0) is 90.1 Å². The molecule has 2 aliphatic carbocycles. The van der Waals surface area contributed by atoms with E-state index in [-0.39, 0.29) is 58.3 Å². The Balaban J connectivity index is 0.991. The Bertz CT molecular complexity index is 1770. The molecule has 0 radical (unpaired) electrons. The first-order chi connectivity index (χ1) is 21.4. The molecule has 220 valence electrons. The van der Waals surface area contributed by atoms with Crippen LogP contribution in [0.25, 0.3) is 0 Å². The van der Waals surface area contributed by atoms with E-state index in [1.165, 1.54) is 58.2 Å². The van der Waals surface area contributed by atoms with E-state index in [2.05, 4.69) is 12.1 Å². The van der Waals surface area contributed by atoms with Gasteiger partial charge in [-0.3, -0.25) is 19.3 Å². The van der Waals surface area contributed by atoms with Crippen molar-refractivity contribution in [3.63, 3.8) is 0 Å². The van der Waals surface area contributed by atoms with Crippen molar-refractivity contribution in [2.45, 2.75) is 18.8 Å². The van der Waals surface area contributed by atoms with Crippen molar-refractivity contribution in [1.82, 2.24) is 0 Å². The first-order valence-corrected chi connectivity index (χ1v) is 15.4. The lowest BCUT2D eigenvalue weighted by atomic mass is 9.73. The van der Waals surface area contributed by atoms with Crippen molar-refractivity contribution < 1.29 is 33.4 Å². The number of benzene rings is 3. The molecule has 1 aliphatic heterocycles. The Morgan fingerprint density at radius 1 is 0.773 bits per heavy atom. The largest absolute Gasteiger partial charge is 0.454 e. The number of esters is 2. The molecule has 3 aromatic carbocycles. The van der Waals surface area contributed by atoms with E-state index in [4.69, 9.17) is 9.47 Å². The number of ketones is 1. The molecular weight excluding hydrogens is 578 g/mol. The van der Waals surface area contributed by atoms with E-state index < -0.39 is 24.3 Å². The minimum Gasteiger partial charge on any atom is -0.454 e. The van der Waals surface area contributed by atoms with E-state index in [0.29, 0.717) is 10.6 Å². The standard InChI is InChI=1S/C35H27NO7S/c37-28(21-11-13-25(14-12-21)43-35(41)29-10-5-15-44-29)19-42-34(40)22-8-4-9-24(16-22)36-32(38)30-23-17-26(20-6-2-1-3-7-20)27(18-23)31(30)33(36)39/h1-16,23,26-27,30-31H,17-19H2. The fourth-order valence-electron chi connectivity index (χ4n) is 7.13. The average Bonchev–Trinajstić information content (AvgIpc) is 3.85. The fraction of sp³-hybridized carbons (Fsp3) is 0.229. The minimum absolute atomic E-state index is 0.120. The lowest BCUT2D eigenvalue weighted by molar-refractivity contribution is -0.123. The number of nitrogens with zero attached hydrogens (tertiary/aromatic N) is 1. The van der Waals surface area contributed by atoms with E-state index in [1.807, 2.05) is 18.2 Å². The maximum absolute atomic E-state index is 13.7. The van der Waals surface area contributed by atoms with Gasteiger partial charge in [0.15, 0.2) is 12.4 Å². The first kappa shape index (κ1) is 27.9. The highest BCUT2D eigenvalue weighted by atomic mass is 32.1. The number of hydrogen-bond donors (Lipinski definition) is 0. The van der Waals surface area contributed by atoms with Crippen LogP contribution in [0.3, 0.4) is 0 Å². The average molecular weight is 606 g/mol. The number of imide groups is 1. The highest BCUT2D eigenvalue weighted by molar-refractivity contribution is 7.12. The summed E-state index contributed by atoms with van der Waals surface area (Å²) < 4.78 is 10.6. The van der Waals surface area contributed by atoms with Crippen LogP contribution in [0.1, 0.15) is 54.7 Å². The SMILES string of the molecule is O=C(COC(=O)c1cccc(N2C(=O)C3C4CC(c5ccccc5)C(C4)C3C2=O)c1)c1ccc(OC(=O)c2cccs2)cc1. The van der Waals surface area contributed by atoms with Gasteiger partial charge in [-0.25, -0.2) is 9.59 Å². The Morgan fingerprint density at radius 2 is 1.55 bits per heavy atom. The molecule has 2 saturated carbocycles. The van der Waals surface area contributed by atoms with Crippen molar-refractivity contribution in [2.75, 3.05) is 11.5 Å². The normalized spacial score (nSPS) is 23.5. The first-order valence-electron chi connectivity index (χ1n) is 14.5. The molecule has 2 heterocycles. The van der Waals surface area contributed by atoms with Crippen molar-refractivity contribution >= 4 is 46.6 Å². The topological polar surface area (TPSA) is 107 Å². The van der Waals surface area contributed by atoms with Crippen LogP contribution in [0.15, 0.2) is 96.4 Å². The molecular formula is C35H27NO7S. The number of carbonyl (C=O) groups excluding carboxylic acids is 5. The highest BCUT2D eigenvalue weighted by Crippen LogP contribution is 2.61. The van der Waals surface area contributed by atoms with Gasteiger partial charge < -0.3 is 9.47 Å². The number of ether oxygens (including phenoxy) is 2. The number of rotatable bonds is 8. The second-order valence-electron chi connectivity index (χ2n) is 11.4. The van der Waals surface area contributed by atoms with E-state index in [9.17, 15) is 24.0 Å². The Labute approximate surface area is 257 Å². The van der Waals surface area contributed by atoms with Gasteiger partial charge in [0.2, 0.25) is 11.8 Å². The number of anilines is 1. The molecule has 1 aromatic heterocycles. The Kier molecular flexibility index (Phi) is 7.18. The summed E-state index contributed by atoms with van der Waals surface area (Å²) in [5.74, 6) is -1.94. The predicted octanol–water partition coefficient (Wildman–Crippen LogP) is 5.94. The number of thiophene rings is 1. The molecule has 5 unspecified atom stereocenters. The zero-order valence-electron chi connectivity index (χ0n) is 23.5. The molecule has 44 heavy (non-hydrogen) atoms. The van der Waals surface area contributed by atoms with Gasteiger partial charge in [-0.2, -0.15) is 0 Å². The van der Waals surface area contributed by atoms with Crippen LogP contribution in [-0.2, 0) is 14.3 Å². The third-order valence-electron chi connectivity index (χ3n) is 9.03. The molecule has 0 spiro atoms. The summed E-state index contributed by atoms with van der Waals surface area (Å²) in [6.45, 7) is -0.507. The van der Waals surface area contributed by atoms with Crippen LogP contribution in [0, 0.1) is 23.7 Å². The van der Waals surface area contributed by atoms with E-state index in [1.54, 1.807) is 29.6 Å². The summed E-state index contributed by atoms with van der Waals surface area (Å²) in [4.78, 5) is 66.6. The molecule has 2 amide bonds. The second kappa shape index (κ2) is 11.3. The third-order valence-corrected chi connectivity index (χ3v) is 9.88. The van der Waals surface area contributed by atoms with Crippen LogP contribution < -0.4 is 9.64 Å². The third kappa shape index (κ3) is 4.93. The lowest BCUT2D eigenvalue weighted by Gasteiger charge is -2.28. The van der Waals surface area contributed by atoms with Crippen LogP contribution >= 0.6 is 11.3 Å². The van der Waals surface area contributed by atoms with Gasteiger partial charge in [-0.1, -0.05) is 42.5 Å². The summed E-state index contributed by atoms with van der Waals surface area (Å²) in [5, 5.41) is 1.77. The molecule has 8 nitrogen and oxygen atoms in total. The molecule has 5 atom stereocenters. The molecule has 3 aliphatic rings. The summed E-state index contributed by atoms with van der Waals surface area (Å²) in [6.07, 6.45) is 1.77. The minimum atomic E-state index is -0.745. The van der Waals surface area contributed by atoms with Gasteiger partial charge in [0.05, 0.1) is 23.1 Å². The summed E-state index contributed by atoms with van der Waals surface area (Å²) >= 11 is 1.27. The molecule has 2 bridgehead atoms. The van der Waals surface area contributed by atoms with Crippen LogP contribution in [-0.4, -0.2) is 36.1 Å². The molecule has 0 N–H and O–H groups in total. The van der Waals surface area contributed by atoms with Crippen LogP contribution in [0.4, 0.5) is 5.69 Å². The molecule has 9 heteroatoms. The van der Waals surface area contributed by atoms with E-state index in [0.717, 1.165) is 12.8 Å². The maximum Gasteiger partial charge on any atom is 0.353 e. The smallest absolute Gasteiger partial charge is 0.353 e. The van der Waals surface area contributed by atoms with Crippen molar-refractivity contribution in [1.29, 1.82) is 0 Å². The summed E-state index contributed by atoms with van der Waals surface area (Å²) in [5.41, 5.74) is 1.96. The van der Waals surface area contributed by atoms with E-state index >= 15 is 0 Å². The molecule has 1 saturated heterocycles. The van der Waals surface area contributed by atoms with Crippen molar-refractivity contribution in [3.05, 3.63) is 118 Å². The summed E-state index contributed by atoms with van der Waals surface area (Å²) in [6, 6.07) is 25.8. The zero-order valence-corrected chi connectivity index (χ0v) is 24.3. The quantitative estimate of drug-likeness (QED) is 0.106. The predicted molar refractivity (Wildman–Crippen MR) is 162 cm³/mol.